The van der Waals surface area contributed by atoms with Gasteiger partial charge in [-0.3, -0.25) is 0 Å². The van der Waals surface area contributed by atoms with Crippen molar-refractivity contribution in [3.05, 3.63) is 77.4 Å². The van der Waals surface area contributed by atoms with E-state index in [1.54, 1.807) is 6.07 Å². The summed E-state index contributed by atoms with van der Waals surface area (Å²) in [5, 5.41) is 4.18. The number of hydrogen-bond acceptors (Lipinski definition) is 3. The van der Waals surface area contributed by atoms with Crippen molar-refractivity contribution in [2.75, 3.05) is 13.1 Å². The van der Waals surface area contributed by atoms with Gasteiger partial charge in [-0.15, -0.1) is 0 Å². The third kappa shape index (κ3) is 4.95. The highest BCUT2D eigenvalue weighted by Crippen LogP contribution is 2.29. The molecule has 5 nitrogen and oxygen atoms in total. The Morgan fingerprint density at radius 3 is 2.65 bits per heavy atom. The van der Waals surface area contributed by atoms with Gasteiger partial charge in [-0.1, -0.05) is 61.5 Å². The molecule has 2 aromatic carbocycles. The standard InChI is InChI=1S/C25H29FN4O/c1-17-10-12-30(13-11-17)25(27)28-16-21-15-24(29-31-21)18(2)20-8-9-22(23(26)14-20)19-6-4-3-5-7-19/h3-9,14-15,17-18H,10-13,16H2,1-2H3,(H2,27,28). The maximum Gasteiger partial charge on any atom is 0.191 e. The van der Waals surface area contributed by atoms with E-state index in [0.29, 0.717) is 23.8 Å². The van der Waals surface area contributed by atoms with Crippen molar-refractivity contribution in [3.63, 3.8) is 0 Å². The van der Waals surface area contributed by atoms with E-state index in [2.05, 4.69) is 22.0 Å². The second kappa shape index (κ2) is 9.33. The monoisotopic (exact) mass is 420 g/mol. The van der Waals surface area contributed by atoms with Gasteiger partial charge in [-0.2, -0.15) is 0 Å². The highest BCUT2D eigenvalue weighted by Gasteiger charge is 2.18. The summed E-state index contributed by atoms with van der Waals surface area (Å²) in [7, 11) is 0. The molecule has 0 aliphatic carbocycles. The molecule has 3 aromatic rings. The fourth-order valence-electron chi connectivity index (χ4n) is 3.93. The number of hydrogen-bond donors (Lipinski definition) is 1. The van der Waals surface area contributed by atoms with E-state index < -0.39 is 0 Å². The van der Waals surface area contributed by atoms with Gasteiger partial charge in [0.25, 0.3) is 0 Å². The molecule has 0 spiro atoms. The van der Waals surface area contributed by atoms with Crippen molar-refractivity contribution in [3.8, 4) is 11.1 Å². The molecule has 1 aliphatic rings. The van der Waals surface area contributed by atoms with Gasteiger partial charge >= 0.3 is 0 Å². The number of likely N-dealkylation sites (tertiary alicyclic amines) is 1. The lowest BCUT2D eigenvalue weighted by Gasteiger charge is -2.30. The first-order valence-corrected chi connectivity index (χ1v) is 10.9. The van der Waals surface area contributed by atoms with Gasteiger partial charge in [0.1, 0.15) is 12.4 Å². The van der Waals surface area contributed by atoms with E-state index in [-0.39, 0.29) is 11.7 Å². The molecule has 0 radical (unpaired) electrons. The maximum absolute atomic E-state index is 14.7. The van der Waals surface area contributed by atoms with Gasteiger partial charge in [-0.25, -0.2) is 9.38 Å². The SMILES string of the molecule is CC1CCN(C(N)=NCc2cc(C(C)c3ccc(-c4ccccc4)c(F)c3)no2)CC1. The summed E-state index contributed by atoms with van der Waals surface area (Å²) in [4.78, 5) is 6.60. The van der Waals surface area contributed by atoms with Crippen LogP contribution < -0.4 is 5.73 Å². The Balaban J connectivity index is 1.43. The molecule has 2 heterocycles. The van der Waals surface area contributed by atoms with Gasteiger partial charge in [0.15, 0.2) is 11.7 Å². The molecule has 0 saturated carbocycles. The van der Waals surface area contributed by atoms with Crippen LogP contribution in [0.2, 0.25) is 0 Å². The Morgan fingerprint density at radius 2 is 1.94 bits per heavy atom. The molecule has 6 heteroatoms. The number of aromatic nitrogens is 1. The number of nitrogens with zero attached hydrogens (tertiary/aromatic N) is 3. The minimum Gasteiger partial charge on any atom is -0.370 e. The van der Waals surface area contributed by atoms with Crippen LogP contribution in [0.15, 0.2) is 64.1 Å². The van der Waals surface area contributed by atoms with Crippen molar-refractivity contribution < 1.29 is 8.91 Å². The summed E-state index contributed by atoms with van der Waals surface area (Å²) in [6, 6.07) is 16.8. The van der Waals surface area contributed by atoms with Crippen LogP contribution >= 0.6 is 0 Å². The molecule has 1 aromatic heterocycles. The molecule has 1 saturated heterocycles. The molecule has 162 valence electrons. The Hall–Kier alpha value is -3.15. The first-order valence-electron chi connectivity index (χ1n) is 10.9. The average Bonchev–Trinajstić information content (AvgIpc) is 3.27. The van der Waals surface area contributed by atoms with Gasteiger partial charge < -0.3 is 15.2 Å². The van der Waals surface area contributed by atoms with Crippen molar-refractivity contribution in [2.45, 2.75) is 39.2 Å². The number of nitrogens with two attached hydrogens (primary N) is 1. The molecular formula is C25H29FN4O. The van der Waals surface area contributed by atoms with Gasteiger partial charge in [0.2, 0.25) is 0 Å². The molecule has 1 fully saturated rings. The lowest BCUT2D eigenvalue weighted by Crippen LogP contribution is -2.42. The summed E-state index contributed by atoms with van der Waals surface area (Å²) in [5.41, 5.74) is 9.21. The smallest absolute Gasteiger partial charge is 0.191 e. The topological polar surface area (TPSA) is 67.7 Å². The second-order valence-electron chi connectivity index (χ2n) is 8.39. The summed E-state index contributed by atoms with van der Waals surface area (Å²) < 4.78 is 20.2. The van der Waals surface area contributed by atoms with Crippen LogP contribution in [0.3, 0.4) is 0 Å². The van der Waals surface area contributed by atoms with Crippen LogP contribution in [0.1, 0.15) is 49.6 Å². The fourth-order valence-corrected chi connectivity index (χ4v) is 3.93. The molecule has 4 rings (SSSR count). The second-order valence-corrected chi connectivity index (χ2v) is 8.39. The summed E-state index contributed by atoms with van der Waals surface area (Å²) in [5.74, 6) is 1.61. The van der Waals surface area contributed by atoms with E-state index >= 15 is 0 Å². The van der Waals surface area contributed by atoms with E-state index in [9.17, 15) is 4.39 Å². The fraction of sp³-hybridized carbons (Fsp3) is 0.360. The zero-order chi connectivity index (χ0) is 21.8. The van der Waals surface area contributed by atoms with Crippen molar-refractivity contribution in [1.29, 1.82) is 0 Å². The molecule has 1 atom stereocenters. The van der Waals surface area contributed by atoms with Crippen LogP contribution in [-0.4, -0.2) is 29.1 Å². The van der Waals surface area contributed by atoms with Crippen molar-refractivity contribution in [1.82, 2.24) is 10.1 Å². The van der Waals surface area contributed by atoms with Crippen LogP contribution in [-0.2, 0) is 6.54 Å². The number of rotatable bonds is 5. The van der Waals surface area contributed by atoms with E-state index in [1.165, 1.54) is 0 Å². The predicted molar refractivity (Wildman–Crippen MR) is 121 cm³/mol. The zero-order valence-corrected chi connectivity index (χ0v) is 18.1. The Morgan fingerprint density at radius 1 is 1.19 bits per heavy atom. The molecule has 31 heavy (non-hydrogen) atoms. The molecule has 0 amide bonds. The third-order valence-corrected chi connectivity index (χ3v) is 6.10. The maximum atomic E-state index is 14.7. The normalized spacial score (nSPS) is 16.5. The van der Waals surface area contributed by atoms with Crippen molar-refractivity contribution in [2.24, 2.45) is 16.6 Å². The largest absolute Gasteiger partial charge is 0.370 e. The lowest BCUT2D eigenvalue weighted by atomic mass is 9.94. The first kappa shape index (κ1) is 21.1. The summed E-state index contributed by atoms with van der Waals surface area (Å²) in [6.07, 6.45) is 2.28. The van der Waals surface area contributed by atoms with Crippen LogP contribution in [0, 0.1) is 11.7 Å². The molecular weight excluding hydrogens is 391 g/mol. The summed E-state index contributed by atoms with van der Waals surface area (Å²) in [6.45, 7) is 6.49. The van der Waals surface area contributed by atoms with Crippen LogP contribution in [0.4, 0.5) is 4.39 Å². The molecule has 1 aliphatic heterocycles. The highest BCUT2D eigenvalue weighted by atomic mass is 19.1. The Kier molecular flexibility index (Phi) is 6.35. The Labute approximate surface area is 182 Å². The zero-order valence-electron chi connectivity index (χ0n) is 18.1. The number of guanidine groups is 1. The minimum atomic E-state index is -0.243. The number of aliphatic imine (C=N–C) groups is 1. The quantitative estimate of drug-likeness (QED) is 0.456. The lowest BCUT2D eigenvalue weighted by molar-refractivity contribution is 0.277. The van der Waals surface area contributed by atoms with E-state index in [0.717, 1.165) is 48.7 Å². The van der Waals surface area contributed by atoms with Crippen molar-refractivity contribution >= 4 is 5.96 Å². The minimum absolute atomic E-state index is 0.0956. The number of benzene rings is 2. The third-order valence-electron chi connectivity index (χ3n) is 6.10. The number of halogens is 1. The first-order chi connectivity index (χ1) is 15.0. The van der Waals surface area contributed by atoms with E-state index in [1.807, 2.05) is 55.5 Å². The Bertz CT molecular complexity index is 1040. The molecule has 1 unspecified atom stereocenters. The summed E-state index contributed by atoms with van der Waals surface area (Å²) >= 11 is 0. The van der Waals surface area contributed by atoms with Gasteiger partial charge in [-0.05, 0) is 36.0 Å². The van der Waals surface area contributed by atoms with Crippen LogP contribution in [0.25, 0.3) is 11.1 Å². The van der Waals surface area contributed by atoms with E-state index in [4.69, 9.17) is 10.3 Å². The van der Waals surface area contributed by atoms with Gasteiger partial charge in [0.05, 0.1) is 5.69 Å². The predicted octanol–water partition coefficient (Wildman–Crippen LogP) is 5.18. The highest BCUT2D eigenvalue weighted by molar-refractivity contribution is 5.78. The molecule has 0 bridgehead atoms. The molecule has 2 N–H and O–H groups in total. The average molecular weight is 421 g/mol. The number of piperidine rings is 1. The van der Waals surface area contributed by atoms with Crippen LogP contribution in [0.5, 0.6) is 0 Å². The van der Waals surface area contributed by atoms with Gasteiger partial charge in [0, 0.05) is 30.6 Å².